The van der Waals surface area contributed by atoms with Gasteiger partial charge in [0.1, 0.15) is 0 Å². The van der Waals surface area contributed by atoms with Gasteiger partial charge in [-0.15, -0.1) is 0 Å². The fourth-order valence-electron chi connectivity index (χ4n) is 1.36. The summed E-state index contributed by atoms with van der Waals surface area (Å²) in [6.45, 7) is 11.4. The average molecular weight is 189 g/mol. The molecule has 0 aromatic carbocycles. The molecule has 0 saturated heterocycles. The molecule has 1 unspecified atom stereocenters. The molecule has 0 aliphatic heterocycles. The Kier molecular flexibility index (Phi) is 6.96. The fraction of sp³-hybridized carbons (Fsp3) is 1.00. The van der Waals surface area contributed by atoms with Gasteiger partial charge in [-0.05, 0) is 25.8 Å². The first-order chi connectivity index (χ1) is 5.63. The van der Waals surface area contributed by atoms with Gasteiger partial charge < -0.3 is 0 Å². The fourth-order valence-corrected chi connectivity index (χ4v) is 1.61. The third kappa shape index (κ3) is 4.36. The van der Waals surface area contributed by atoms with Crippen molar-refractivity contribution >= 4 is 12.6 Å². The zero-order chi connectivity index (χ0) is 9.56. The van der Waals surface area contributed by atoms with Crippen LogP contribution in [0.15, 0.2) is 0 Å². The summed E-state index contributed by atoms with van der Waals surface area (Å²) in [7, 11) is 0. The summed E-state index contributed by atoms with van der Waals surface area (Å²) >= 11 is 4.27. The van der Waals surface area contributed by atoms with Crippen LogP contribution in [0.1, 0.15) is 34.1 Å². The summed E-state index contributed by atoms with van der Waals surface area (Å²) in [6, 6.07) is 0.692. The van der Waals surface area contributed by atoms with Crippen LogP contribution in [-0.2, 0) is 0 Å². The van der Waals surface area contributed by atoms with Crippen LogP contribution in [0.5, 0.6) is 0 Å². The lowest BCUT2D eigenvalue weighted by Gasteiger charge is -2.30. The van der Waals surface area contributed by atoms with Gasteiger partial charge in [0.25, 0.3) is 0 Å². The Morgan fingerprint density at radius 1 is 1.17 bits per heavy atom. The monoisotopic (exact) mass is 189 g/mol. The van der Waals surface area contributed by atoms with Crippen molar-refractivity contribution in [1.82, 2.24) is 4.90 Å². The highest BCUT2D eigenvalue weighted by Crippen LogP contribution is 2.10. The minimum absolute atomic E-state index is 0.692. The van der Waals surface area contributed by atoms with Crippen molar-refractivity contribution in [1.29, 1.82) is 0 Å². The second-order valence-corrected chi connectivity index (χ2v) is 4.19. The van der Waals surface area contributed by atoms with E-state index in [0.717, 1.165) is 18.2 Å². The first-order valence-electron chi connectivity index (χ1n) is 4.98. The van der Waals surface area contributed by atoms with Gasteiger partial charge in [0.05, 0.1) is 0 Å². The Bertz CT molecular complexity index is 98.0. The molecular weight excluding hydrogens is 166 g/mol. The van der Waals surface area contributed by atoms with E-state index in [-0.39, 0.29) is 0 Å². The van der Waals surface area contributed by atoms with Crippen molar-refractivity contribution < 1.29 is 0 Å². The standard InChI is InChI=1S/C10H23NS/c1-5-6-11(7-8-12)10(4)9(2)3/h9-10,12H,5-8H2,1-4H3. The van der Waals surface area contributed by atoms with Crippen LogP contribution in [0, 0.1) is 5.92 Å². The molecule has 0 spiro atoms. The third-order valence-corrected chi connectivity index (χ3v) is 2.64. The summed E-state index contributed by atoms with van der Waals surface area (Å²) in [4.78, 5) is 2.53. The Hall–Kier alpha value is 0.310. The maximum atomic E-state index is 4.27. The van der Waals surface area contributed by atoms with E-state index in [1.165, 1.54) is 13.0 Å². The highest BCUT2D eigenvalue weighted by atomic mass is 32.1. The van der Waals surface area contributed by atoms with Gasteiger partial charge in [0.15, 0.2) is 0 Å². The number of rotatable bonds is 6. The Balaban J connectivity index is 3.89. The largest absolute Gasteiger partial charge is 0.300 e. The van der Waals surface area contributed by atoms with E-state index in [2.05, 4.69) is 45.2 Å². The molecule has 0 N–H and O–H groups in total. The molecule has 12 heavy (non-hydrogen) atoms. The maximum Gasteiger partial charge on any atom is 0.00902 e. The van der Waals surface area contributed by atoms with Crippen molar-refractivity contribution in [3.63, 3.8) is 0 Å². The maximum absolute atomic E-state index is 4.27. The molecule has 0 fully saturated rings. The predicted molar refractivity (Wildman–Crippen MR) is 60.0 cm³/mol. The highest BCUT2D eigenvalue weighted by Gasteiger charge is 2.14. The van der Waals surface area contributed by atoms with Crippen LogP contribution < -0.4 is 0 Å². The number of hydrogen-bond acceptors (Lipinski definition) is 2. The first kappa shape index (κ1) is 12.3. The van der Waals surface area contributed by atoms with Crippen LogP contribution in [0.2, 0.25) is 0 Å². The van der Waals surface area contributed by atoms with Gasteiger partial charge in [-0.1, -0.05) is 20.8 Å². The van der Waals surface area contributed by atoms with Crippen molar-refractivity contribution in [2.24, 2.45) is 5.92 Å². The molecule has 0 heterocycles. The molecule has 1 nitrogen and oxygen atoms in total. The van der Waals surface area contributed by atoms with Gasteiger partial charge in [-0.3, -0.25) is 4.90 Å². The van der Waals surface area contributed by atoms with E-state index in [1.807, 2.05) is 0 Å². The summed E-state index contributed by atoms with van der Waals surface area (Å²) in [5, 5.41) is 0. The van der Waals surface area contributed by atoms with Crippen molar-refractivity contribution in [2.45, 2.75) is 40.2 Å². The molecule has 0 amide bonds. The topological polar surface area (TPSA) is 3.24 Å². The molecule has 0 aromatic rings. The van der Waals surface area contributed by atoms with Crippen LogP contribution in [0.3, 0.4) is 0 Å². The van der Waals surface area contributed by atoms with E-state index < -0.39 is 0 Å². The van der Waals surface area contributed by atoms with Gasteiger partial charge in [0, 0.05) is 18.3 Å². The van der Waals surface area contributed by atoms with E-state index in [9.17, 15) is 0 Å². The quantitative estimate of drug-likeness (QED) is 0.629. The molecule has 0 bridgehead atoms. The zero-order valence-electron chi connectivity index (χ0n) is 8.88. The van der Waals surface area contributed by atoms with Gasteiger partial charge in [-0.25, -0.2) is 0 Å². The first-order valence-corrected chi connectivity index (χ1v) is 5.61. The van der Waals surface area contributed by atoms with E-state index >= 15 is 0 Å². The van der Waals surface area contributed by atoms with E-state index in [1.54, 1.807) is 0 Å². The Morgan fingerprint density at radius 2 is 1.75 bits per heavy atom. The van der Waals surface area contributed by atoms with Gasteiger partial charge in [-0.2, -0.15) is 12.6 Å². The van der Waals surface area contributed by atoms with Gasteiger partial charge >= 0.3 is 0 Å². The average Bonchev–Trinajstić information content (AvgIpc) is 2.03. The number of nitrogens with zero attached hydrogens (tertiary/aromatic N) is 1. The predicted octanol–water partition coefficient (Wildman–Crippen LogP) is 2.67. The molecule has 2 heteroatoms. The summed E-state index contributed by atoms with van der Waals surface area (Å²) in [5.41, 5.74) is 0. The van der Waals surface area contributed by atoms with Crippen LogP contribution >= 0.6 is 12.6 Å². The molecule has 0 radical (unpaired) electrons. The minimum Gasteiger partial charge on any atom is -0.300 e. The molecule has 0 aromatic heterocycles. The zero-order valence-corrected chi connectivity index (χ0v) is 9.77. The van der Waals surface area contributed by atoms with Crippen molar-refractivity contribution in [3.05, 3.63) is 0 Å². The lowest BCUT2D eigenvalue weighted by atomic mass is 10.0. The lowest BCUT2D eigenvalue weighted by molar-refractivity contribution is 0.179. The summed E-state index contributed by atoms with van der Waals surface area (Å²) < 4.78 is 0. The second-order valence-electron chi connectivity index (χ2n) is 3.74. The molecule has 74 valence electrons. The SMILES string of the molecule is CCCN(CCS)C(C)C(C)C. The molecule has 0 aliphatic rings. The summed E-state index contributed by atoms with van der Waals surface area (Å²) in [5.74, 6) is 1.72. The second kappa shape index (κ2) is 6.79. The molecule has 0 saturated carbocycles. The van der Waals surface area contributed by atoms with Gasteiger partial charge in [0.2, 0.25) is 0 Å². The van der Waals surface area contributed by atoms with Crippen LogP contribution in [0.25, 0.3) is 0 Å². The molecule has 0 aliphatic carbocycles. The molecular formula is C10H23NS. The molecule has 1 atom stereocenters. The minimum atomic E-state index is 0.692. The lowest BCUT2D eigenvalue weighted by Crippen LogP contribution is -2.38. The van der Waals surface area contributed by atoms with Crippen molar-refractivity contribution in [3.8, 4) is 0 Å². The number of thiol groups is 1. The smallest absolute Gasteiger partial charge is 0.00902 e. The normalized spacial score (nSPS) is 14.2. The molecule has 0 rings (SSSR count). The van der Waals surface area contributed by atoms with E-state index in [0.29, 0.717) is 6.04 Å². The van der Waals surface area contributed by atoms with Crippen molar-refractivity contribution in [2.75, 3.05) is 18.8 Å². The highest BCUT2D eigenvalue weighted by molar-refractivity contribution is 7.80. The van der Waals surface area contributed by atoms with Crippen LogP contribution in [0.4, 0.5) is 0 Å². The van der Waals surface area contributed by atoms with E-state index in [4.69, 9.17) is 0 Å². The summed E-state index contributed by atoms with van der Waals surface area (Å²) in [6.07, 6.45) is 1.24. The third-order valence-electron chi connectivity index (χ3n) is 2.44. The Morgan fingerprint density at radius 3 is 2.08 bits per heavy atom. The Labute approximate surface area is 82.9 Å². The van der Waals surface area contributed by atoms with Crippen LogP contribution in [-0.4, -0.2) is 29.8 Å². The number of hydrogen-bond donors (Lipinski definition) is 1.